The molecule has 2 N–H and O–H groups in total. The molecular weight excluding hydrogens is 170 g/mol. The molecule has 0 unspecified atom stereocenters. The van der Waals surface area contributed by atoms with Crippen molar-refractivity contribution >= 4 is 11.4 Å². The van der Waals surface area contributed by atoms with Crippen LogP contribution in [-0.4, -0.2) is 4.92 Å². The van der Waals surface area contributed by atoms with Gasteiger partial charge >= 0.3 is 0 Å². The number of nitro groups is 1. The SMILES string of the molecule is Cc1cc(C#N)cc([N+](=O)[O-])c1N. The van der Waals surface area contributed by atoms with Crippen LogP contribution in [0.25, 0.3) is 0 Å². The summed E-state index contributed by atoms with van der Waals surface area (Å²) in [6.45, 7) is 1.63. The van der Waals surface area contributed by atoms with Crippen molar-refractivity contribution in [2.45, 2.75) is 6.92 Å². The second kappa shape index (κ2) is 3.11. The van der Waals surface area contributed by atoms with Gasteiger partial charge < -0.3 is 5.73 Å². The van der Waals surface area contributed by atoms with E-state index in [1.165, 1.54) is 12.1 Å². The van der Waals surface area contributed by atoms with Crippen molar-refractivity contribution in [3.63, 3.8) is 0 Å². The molecular formula is C8H7N3O2. The smallest absolute Gasteiger partial charge is 0.293 e. The molecule has 0 fully saturated rings. The standard InChI is InChI=1S/C8H7N3O2/c1-5-2-6(4-9)3-7(8(5)10)11(12)13/h2-3H,10H2,1H3. The average Bonchev–Trinajstić information content (AvgIpc) is 2.09. The van der Waals surface area contributed by atoms with Crippen LogP contribution < -0.4 is 5.73 Å². The molecule has 5 nitrogen and oxygen atoms in total. The van der Waals surface area contributed by atoms with Gasteiger partial charge in [-0.1, -0.05) is 0 Å². The third-order valence-corrected chi connectivity index (χ3v) is 1.69. The summed E-state index contributed by atoms with van der Waals surface area (Å²) < 4.78 is 0. The summed E-state index contributed by atoms with van der Waals surface area (Å²) in [5.74, 6) is 0. The Balaban J connectivity index is 3.44. The molecule has 0 aliphatic heterocycles. The summed E-state index contributed by atoms with van der Waals surface area (Å²) in [5, 5.41) is 19.0. The number of hydrogen-bond acceptors (Lipinski definition) is 4. The molecule has 5 heteroatoms. The van der Waals surface area contributed by atoms with Crippen molar-refractivity contribution in [3.8, 4) is 6.07 Å². The van der Waals surface area contributed by atoms with Crippen LogP contribution in [0.1, 0.15) is 11.1 Å². The lowest BCUT2D eigenvalue weighted by molar-refractivity contribution is -0.383. The fraction of sp³-hybridized carbons (Fsp3) is 0.125. The lowest BCUT2D eigenvalue weighted by atomic mass is 10.1. The van der Waals surface area contributed by atoms with Gasteiger partial charge in [-0.15, -0.1) is 0 Å². The van der Waals surface area contributed by atoms with E-state index in [4.69, 9.17) is 11.0 Å². The Morgan fingerprint density at radius 1 is 1.62 bits per heavy atom. The summed E-state index contributed by atoms with van der Waals surface area (Å²) in [5.41, 5.74) is 6.15. The molecule has 1 aromatic rings. The number of anilines is 1. The molecule has 0 aliphatic carbocycles. The molecule has 0 spiro atoms. The van der Waals surface area contributed by atoms with Gasteiger partial charge in [-0.3, -0.25) is 10.1 Å². The zero-order valence-electron chi connectivity index (χ0n) is 6.94. The van der Waals surface area contributed by atoms with Crippen molar-refractivity contribution in [1.82, 2.24) is 0 Å². The minimum absolute atomic E-state index is 0.115. The van der Waals surface area contributed by atoms with E-state index < -0.39 is 4.92 Å². The molecule has 0 atom stereocenters. The lowest BCUT2D eigenvalue weighted by Crippen LogP contribution is -1.98. The first kappa shape index (κ1) is 9.00. The Morgan fingerprint density at radius 3 is 2.69 bits per heavy atom. The number of hydrogen-bond donors (Lipinski definition) is 1. The number of nitrogens with two attached hydrogens (primary N) is 1. The van der Waals surface area contributed by atoms with E-state index in [0.717, 1.165) is 0 Å². The number of benzene rings is 1. The molecule has 1 aromatic carbocycles. The normalized spacial score (nSPS) is 9.23. The zero-order valence-corrected chi connectivity index (χ0v) is 6.94. The van der Waals surface area contributed by atoms with Crippen LogP contribution in [0.2, 0.25) is 0 Å². The van der Waals surface area contributed by atoms with Gasteiger partial charge in [0, 0.05) is 6.07 Å². The topological polar surface area (TPSA) is 92.9 Å². The second-order valence-electron chi connectivity index (χ2n) is 2.59. The first-order chi connectivity index (χ1) is 6.06. The largest absolute Gasteiger partial charge is 0.393 e. The predicted octanol–water partition coefficient (Wildman–Crippen LogP) is 1.36. The third-order valence-electron chi connectivity index (χ3n) is 1.69. The van der Waals surface area contributed by atoms with Gasteiger partial charge in [0.05, 0.1) is 16.6 Å². The van der Waals surface area contributed by atoms with Crippen LogP contribution in [0.15, 0.2) is 12.1 Å². The van der Waals surface area contributed by atoms with Crippen molar-refractivity contribution in [3.05, 3.63) is 33.4 Å². The molecule has 1 rings (SSSR count). The Kier molecular flexibility index (Phi) is 2.15. The van der Waals surface area contributed by atoms with Crippen molar-refractivity contribution in [2.75, 3.05) is 5.73 Å². The maximum Gasteiger partial charge on any atom is 0.293 e. The van der Waals surface area contributed by atoms with Gasteiger partial charge in [0.2, 0.25) is 0 Å². The molecule has 0 aliphatic rings. The lowest BCUT2D eigenvalue weighted by Gasteiger charge is -2.00. The Morgan fingerprint density at radius 2 is 2.23 bits per heavy atom. The minimum atomic E-state index is -0.594. The number of nitro benzene ring substituents is 1. The number of nitriles is 1. The highest BCUT2D eigenvalue weighted by Gasteiger charge is 2.14. The summed E-state index contributed by atoms with van der Waals surface area (Å²) in [6.07, 6.45) is 0. The predicted molar refractivity (Wildman–Crippen MR) is 47.0 cm³/mol. The van der Waals surface area contributed by atoms with Crippen LogP contribution >= 0.6 is 0 Å². The maximum absolute atomic E-state index is 10.5. The van der Waals surface area contributed by atoms with Crippen LogP contribution in [0.3, 0.4) is 0 Å². The molecule has 0 heterocycles. The van der Waals surface area contributed by atoms with E-state index in [2.05, 4.69) is 0 Å². The third kappa shape index (κ3) is 1.56. The van der Waals surface area contributed by atoms with E-state index in [0.29, 0.717) is 5.56 Å². The highest BCUT2D eigenvalue weighted by molar-refractivity contribution is 5.65. The molecule has 66 valence electrons. The Bertz CT molecular complexity index is 407. The first-order valence-corrected chi connectivity index (χ1v) is 3.51. The maximum atomic E-state index is 10.5. The number of aryl methyl sites for hydroxylation is 1. The second-order valence-corrected chi connectivity index (χ2v) is 2.59. The van der Waals surface area contributed by atoms with Gasteiger partial charge in [0.1, 0.15) is 5.69 Å². The van der Waals surface area contributed by atoms with E-state index in [9.17, 15) is 10.1 Å². The first-order valence-electron chi connectivity index (χ1n) is 3.51. The van der Waals surface area contributed by atoms with Gasteiger partial charge in [-0.25, -0.2) is 0 Å². The van der Waals surface area contributed by atoms with Crippen LogP contribution in [-0.2, 0) is 0 Å². The summed E-state index contributed by atoms with van der Waals surface area (Å²) in [6, 6.07) is 4.52. The fourth-order valence-corrected chi connectivity index (χ4v) is 0.995. The van der Waals surface area contributed by atoms with Gasteiger partial charge in [0.15, 0.2) is 0 Å². The minimum Gasteiger partial charge on any atom is -0.393 e. The van der Waals surface area contributed by atoms with Gasteiger partial charge in [-0.05, 0) is 18.6 Å². The molecule has 0 bridgehead atoms. The van der Waals surface area contributed by atoms with Crippen LogP contribution in [0, 0.1) is 28.4 Å². The summed E-state index contributed by atoms with van der Waals surface area (Å²) in [7, 11) is 0. The molecule has 13 heavy (non-hydrogen) atoms. The fourth-order valence-electron chi connectivity index (χ4n) is 0.995. The number of nitrogen functional groups attached to an aromatic ring is 1. The molecule has 0 radical (unpaired) electrons. The molecule has 0 saturated carbocycles. The highest BCUT2D eigenvalue weighted by Crippen LogP contribution is 2.25. The van der Waals surface area contributed by atoms with Crippen molar-refractivity contribution in [1.29, 1.82) is 5.26 Å². The van der Waals surface area contributed by atoms with E-state index in [-0.39, 0.29) is 16.9 Å². The number of nitrogens with zero attached hydrogens (tertiary/aromatic N) is 2. The van der Waals surface area contributed by atoms with Crippen molar-refractivity contribution < 1.29 is 4.92 Å². The van der Waals surface area contributed by atoms with E-state index >= 15 is 0 Å². The number of rotatable bonds is 1. The molecule has 0 amide bonds. The van der Waals surface area contributed by atoms with Crippen LogP contribution in [0.4, 0.5) is 11.4 Å². The zero-order chi connectivity index (χ0) is 10.0. The molecule has 0 saturated heterocycles. The van der Waals surface area contributed by atoms with Crippen molar-refractivity contribution in [2.24, 2.45) is 0 Å². The monoisotopic (exact) mass is 177 g/mol. The quantitative estimate of drug-likeness (QED) is 0.398. The van der Waals surface area contributed by atoms with Gasteiger partial charge in [0.25, 0.3) is 5.69 Å². The summed E-state index contributed by atoms with van der Waals surface area (Å²) in [4.78, 5) is 9.86. The van der Waals surface area contributed by atoms with E-state index in [1.54, 1.807) is 6.92 Å². The van der Waals surface area contributed by atoms with E-state index in [1.807, 2.05) is 6.07 Å². The van der Waals surface area contributed by atoms with Gasteiger partial charge in [-0.2, -0.15) is 5.26 Å². The summed E-state index contributed by atoms with van der Waals surface area (Å²) >= 11 is 0. The highest BCUT2D eigenvalue weighted by atomic mass is 16.6. The molecule has 0 aromatic heterocycles. The Hall–Kier alpha value is -2.09. The average molecular weight is 177 g/mol. The van der Waals surface area contributed by atoms with Crippen LogP contribution in [0.5, 0.6) is 0 Å². The Labute approximate surface area is 74.5 Å².